The fourth-order valence-corrected chi connectivity index (χ4v) is 3.56. The van der Waals surface area contributed by atoms with E-state index in [4.69, 9.17) is 16.0 Å². The predicted molar refractivity (Wildman–Crippen MR) is 109 cm³/mol. The Bertz CT molecular complexity index is 1120. The van der Waals surface area contributed by atoms with Crippen molar-refractivity contribution in [3.63, 3.8) is 0 Å². The highest BCUT2D eigenvalue weighted by Crippen LogP contribution is 2.46. The molecule has 0 spiro atoms. The summed E-state index contributed by atoms with van der Waals surface area (Å²) in [7, 11) is 0. The van der Waals surface area contributed by atoms with E-state index in [1.807, 2.05) is 20.8 Å². The van der Waals surface area contributed by atoms with Gasteiger partial charge in [-0.25, -0.2) is 0 Å². The number of anilines is 1. The number of rotatable bonds is 4. The lowest BCUT2D eigenvalue weighted by atomic mass is 10.0. The minimum Gasteiger partial charge on any atom is -0.468 e. The Morgan fingerprint density at radius 3 is 2.37 bits per heavy atom. The van der Waals surface area contributed by atoms with Crippen molar-refractivity contribution in [1.29, 1.82) is 0 Å². The highest BCUT2D eigenvalue weighted by molar-refractivity contribution is 6.33. The molecule has 1 aromatic heterocycles. The minimum atomic E-state index is -3.71. The summed E-state index contributed by atoms with van der Waals surface area (Å²) in [5.74, 6) is 0.233. The molecule has 0 aliphatic carbocycles. The first-order chi connectivity index (χ1) is 14.1. The van der Waals surface area contributed by atoms with Gasteiger partial charge in [-0.1, -0.05) is 37.6 Å². The Labute approximate surface area is 176 Å². The molecule has 156 valence electrons. The van der Waals surface area contributed by atoms with Crippen molar-refractivity contribution in [3.8, 4) is 22.6 Å². The van der Waals surface area contributed by atoms with Crippen LogP contribution in [0, 0.1) is 6.92 Å². The second kappa shape index (κ2) is 7.32. The summed E-state index contributed by atoms with van der Waals surface area (Å²) in [6.07, 6.45) is -2.14. The molecule has 1 N–H and O–H groups in total. The van der Waals surface area contributed by atoms with Crippen LogP contribution in [0.3, 0.4) is 0 Å². The van der Waals surface area contributed by atoms with E-state index in [9.17, 15) is 13.6 Å². The van der Waals surface area contributed by atoms with Crippen molar-refractivity contribution in [2.75, 3.05) is 5.32 Å². The summed E-state index contributed by atoms with van der Waals surface area (Å²) in [4.78, 5) is 12.7. The van der Waals surface area contributed by atoms with Crippen LogP contribution >= 0.6 is 11.6 Å². The highest BCUT2D eigenvalue weighted by Gasteiger charge is 2.43. The Morgan fingerprint density at radius 1 is 1.10 bits per heavy atom. The number of furan rings is 1. The van der Waals surface area contributed by atoms with Gasteiger partial charge in [0.05, 0.1) is 16.8 Å². The molecule has 0 radical (unpaired) electrons. The van der Waals surface area contributed by atoms with Crippen LogP contribution in [0.5, 0.6) is 11.5 Å². The number of hydrogen-bond donors (Lipinski definition) is 1. The van der Waals surface area contributed by atoms with E-state index in [1.54, 1.807) is 30.5 Å². The Kier molecular flexibility index (Phi) is 4.94. The predicted octanol–water partition coefficient (Wildman–Crippen LogP) is 6.61. The fourth-order valence-electron chi connectivity index (χ4n) is 3.30. The lowest BCUT2D eigenvalue weighted by molar-refractivity contribution is -0.286. The number of benzene rings is 2. The smallest absolute Gasteiger partial charge is 0.468 e. The van der Waals surface area contributed by atoms with Crippen molar-refractivity contribution < 1.29 is 27.5 Å². The van der Waals surface area contributed by atoms with Crippen LogP contribution in [0.1, 0.15) is 41.4 Å². The van der Waals surface area contributed by atoms with Crippen LogP contribution in [0.2, 0.25) is 5.02 Å². The average Bonchev–Trinajstić information content (AvgIpc) is 3.19. The van der Waals surface area contributed by atoms with E-state index in [0.29, 0.717) is 28.1 Å². The molecular weight excluding hydrogens is 416 g/mol. The molecule has 0 unspecified atom stereocenters. The molecule has 1 amide bonds. The number of carbonyl (C=O) groups excluding carboxylic acids is 1. The molecule has 1 aliphatic heterocycles. The van der Waals surface area contributed by atoms with E-state index >= 15 is 0 Å². The SMILES string of the molecule is Cc1coc(C(C)C)c1C(=O)Nc1ccc(-c2cc3c(cc2Cl)OC(F)(F)O3)cc1. The molecule has 1 aliphatic rings. The van der Waals surface area contributed by atoms with Gasteiger partial charge in [0.2, 0.25) is 0 Å². The van der Waals surface area contributed by atoms with Crippen molar-refractivity contribution in [2.24, 2.45) is 0 Å². The Morgan fingerprint density at radius 2 is 1.73 bits per heavy atom. The molecule has 3 aromatic rings. The van der Waals surface area contributed by atoms with Crippen LogP contribution < -0.4 is 14.8 Å². The Hall–Kier alpha value is -3.06. The van der Waals surface area contributed by atoms with Gasteiger partial charge in [-0.05, 0) is 30.7 Å². The summed E-state index contributed by atoms with van der Waals surface area (Å²) in [6, 6.07) is 9.54. The third-order valence-electron chi connectivity index (χ3n) is 4.70. The van der Waals surface area contributed by atoms with Crippen molar-refractivity contribution >= 4 is 23.2 Å². The number of carbonyl (C=O) groups is 1. The number of nitrogens with one attached hydrogen (secondary N) is 1. The van der Waals surface area contributed by atoms with Gasteiger partial charge in [-0.3, -0.25) is 4.79 Å². The topological polar surface area (TPSA) is 60.7 Å². The van der Waals surface area contributed by atoms with Gasteiger partial charge in [0.25, 0.3) is 5.91 Å². The first kappa shape index (κ1) is 20.2. The molecule has 0 saturated heterocycles. The number of hydrogen-bond acceptors (Lipinski definition) is 4. The molecule has 5 nitrogen and oxygen atoms in total. The standard InChI is InChI=1S/C22H18ClF2NO4/c1-11(2)20-19(12(3)10-28-20)21(27)26-14-6-4-13(5-7-14)15-8-17-18(9-16(15)23)30-22(24,25)29-17/h4-11H,1-3H3,(H,26,27). The molecule has 0 atom stereocenters. The monoisotopic (exact) mass is 433 g/mol. The van der Waals surface area contributed by atoms with Gasteiger partial charge in [0.15, 0.2) is 11.5 Å². The van der Waals surface area contributed by atoms with Gasteiger partial charge in [-0.2, -0.15) is 0 Å². The van der Waals surface area contributed by atoms with E-state index in [-0.39, 0.29) is 28.3 Å². The maximum atomic E-state index is 13.3. The molecule has 0 saturated carbocycles. The highest BCUT2D eigenvalue weighted by atomic mass is 35.5. The zero-order valence-electron chi connectivity index (χ0n) is 16.4. The molecule has 2 aromatic carbocycles. The van der Waals surface area contributed by atoms with Crippen LogP contribution in [0.25, 0.3) is 11.1 Å². The number of ether oxygens (including phenoxy) is 2. The number of alkyl halides is 2. The summed E-state index contributed by atoms with van der Waals surface area (Å²) < 4.78 is 40.9. The van der Waals surface area contributed by atoms with Gasteiger partial charge in [-0.15, -0.1) is 8.78 Å². The molecule has 0 fully saturated rings. The molecule has 8 heteroatoms. The minimum absolute atomic E-state index is 0.0716. The summed E-state index contributed by atoms with van der Waals surface area (Å²) >= 11 is 6.23. The van der Waals surface area contributed by atoms with Gasteiger partial charge < -0.3 is 19.2 Å². The number of aryl methyl sites for hydroxylation is 1. The van der Waals surface area contributed by atoms with Crippen molar-refractivity contribution in [1.82, 2.24) is 0 Å². The summed E-state index contributed by atoms with van der Waals surface area (Å²) in [5.41, 5.74) is 3.03. The van der Waals surface area contributed by atoms with Crippen molar-refractivity contribution in [2.45, 2.75) is 33.0 Å². The summed E-state index contributed by atoms with van der Waals surface area (Å²) in [6.45, 7) is 5.72. The summed E-state index contributed by atoms with van der Waals surface area (Å²) in [5, 5.41) is 3.09. The zero-order valence-corrected chi connectivity index (χ0v) is 17.1. The average molecular weight is 434 g/mol. The van der Waals surface area contributed by atoms with Gasteiger partial charge in [0.1, 0.15) is 5.76 Å². The van der Waals surface area contributed by atoms with E-state index in [2.05, 4.69) is 14.8 Å². The Balaban J connectivity index is 1.56. The number of fused-ring (bicyclic) bond motifs is 1. The van der Waals surface area contributed by atoms with Gasteiger partial charge in [0, 0.05) is 28.8 Å². The van der Waals surface area contributed by atoms with Crippen molar-refractivity contribution in [3.05, 3.63) is 64.6 Å². The molecule has 2 heterocycles. The van der Waals surface area contributed by atoms with E-state index in [0.717, 1.165) is 5.56 Å². The first-order valence-electron chi connectivity index (χ1n) is 9.24. The lowest BCUT2D eigenvalue weighted by Gasteiger charge is -2.10. The van der Waals surface area contributed by atoms with Crippen LogP contribution in [-0.4, -0.2) is 12.2 Å². The van der Waals surface area contributed by atoms with E-state index in [1.165, 1.54) is 12.1 Å². The quantitative estimate of drug-likeness (QED) is 0.503. The van der Waals surface area contributed by atoms with E-state index < -0.39 is 6.29 Å². The normalized spacial score (nSPS) is 14.2. The van der Waals surface area contributed by atoms with Crippen LogP contribution in [0.4, 0.5) is 14.5 Å². The molecular formula is C22H18ClF2NO4. The lowest BCUT2D eigenvalue weighted by Crippen LogP contribution is -2.25. The number of amides is 1. The zero-order chi connectivity index (χ0) is 21.6. The third kappa shape index (κ3) is 3.73. The second-order valence-electron chi connectivity index (χ2n) is 7.29. The molecule has 0 bridgehead atoms. The number of halogens is 3. The first-order valence-corrected chi connectivity index (χ1v) is 9.61. The second-order valence-corrected chi connectivity index (χ2v) is 7.70. The van der Waals surface area contributed by atoms with Crippen LogP contribution in [-0.2, 0) is 0 Å². The molecule has 30 heavy (non-hydrogen) atoms. The third-order valence-corrected chi connectivity index (χ3v) is 5.01. The molecule has 4 rings (SSSR count). The maximum absolute atomic E-state index is 13.3. The maximum Gasteiger partial charge on any atom is 0.586 e. The van der Waals surface area contributed by atoms with Crippen LogP contribution in [0.15, 0.2) is 47.1 Å². The fraction of sp³-hybridized carbons (Fsp3) is 0.227. The van der Waals surface area contributed by atoms with Gasteiger partial charge >= 0.3 is 6.29 Å². The largest absolute Gasteiger partial charge is 0.586 e.